The number of nitrogens with zero attached hydrogens (tertiary/aromatic N) is 2. The predicted molar refractivity (Wildman–Crippen MR) is 143 cm³/mol. The molecule has 4 rings (SSSR count). The zero-order valence-corrected chi connectivity index (χ0v) is 22.0. The van der Waals surface area contributed by atoms with Crippen LogP contribution >= 0.6 is 11.6 Å². The first-order valence-corrected chi connectivity index (χ1v) is 12.2. The van der Waals surface area contributed by atoms with Crippen LogP contribution in [0.4, 0.5) is 36.4 Å². The third-order valence-electron chi connectivity index (χ3n) is 6.02. The second kappa shape index (κ2) is 11.4. The number of anilines is 1. The molecule has 2 N–H and O–H groups in total. The van der Waals surface area contributed by atoms with Gasteiger partial charge in [0.2, 0.25) is 0 Å². The van der Waals surface area contributed by atoms with Gasteiger partial charge in [-0.1, -0.05) is 54.1 Å². The lowest BCUT2D eigenvalue weighted by atomic mass is 10.0. The molecule has 0 radical (unpaired) electrons. The lowest BCUT2D eigenvalue weighted by Crippen LogP contribution is -2.57. The maximum Gasteiger partial charge on any atom is 0.460 e. The van der Waals surface area contributed by atoms with Crippen molar-refractivity contribution in [2.24, 2.45) is 5.10 Å². The number of benzene rings is 3. The van der Waals surface area contributed by atoms with Crippen molar-refractivity contribution < 1.29 is 40.3 Å². The third-order valence-corrected chi connectivity index (χ3v) is 6.27. The van der Waals surface area contributed by atoms with Crippen molar-refractivity contribution in [3.05, 3.63) is 95.0 Å². The number of rotatable bonds is 7. The Kier molecular flexibility index (Phi) is 8.26. The van der Waals surface area contributed by atoms with E-state index in [1.165, 1.54) is 24.4 Å². The van der Waals surface area contributed by atoms with Crippen molar-refractivity contribution in [3.8, 4) is 11.3 Å². The number of nitrogens with one attached hydrogen (secondary N) is 2. The van der Waals surface area contributed by atoms with Crippen LogP contribution in [0.2, 0.25) is 5.02 Å². The van der Waals surface area contributed by atoms with Crippen molar-refractivity contribution in [1.82, 2.24) is 10.4 Å². The molecule has 6 nitrogen and oxygen atoms in total. The quantitative estimate of drug-likeness (QED) is 0.129. The molecule has 0 saturated carbocycles. The standard InChI is InChI=1S/C28H18ClF7N4O2/c1-15(16-8-12-19(13-9-16)37-25(42)26(30,31)27(32,33)28(34,35)36)39-40-24(41)21-14-23(17-6-10-18(29)11-7-17)38-22-5-3-2-4-20(21)22/h2-14H,1H3,(H,37,42)(H,40,41). The van der Waals surface area contributed by atoms with E-state index < -0.39 is 35.5 Å². The van der Waals surface area contributed by atoms with E-state index in [0.29, 0.717) is 32.7 Å². The van der Waals surface area contributed by atoms with Crippen molar-refractivity contribution >= 4 is 45.7 Å². The first-order valence-electron chi connectivity index (χ1n) is 11.9. The smallest absolute Gasteiger partial charge is 0.321 e. The van der Waals surface area contributed by atoms with Gasteiger partial charge in [0.1, 0.15) is 0 Å². The Bertz CT molecular complexity index is 1670. The summed E-state index contributed by atoms with van der Waals surface area (Å²) in [6.07, 6.45) is -6.64. The Hall–Kier alpha value is -4.52. The number of hydrazone groups is 1. The summed E-state index contributed by atoms with van der Waals surface area (Å²) in [6.45, 7) is 1.48. The van der Waals surface area contributed by atoms with Crippen LogP contribution in [0.15, 0.2) is 84.0 Å². The van der Waals surface area contributed by atoms with Gasteiger partial charge in [-0.25, -0.2) is 10.4 Å². The van der Waals surface area contributed by atoms with Crippen LogP contribution < -0.4 is 10.7 Å². The highest BCUT2D eigenvalue weighted by molar-refractivity contribution is 6.30. The Balaban J connectivity index is 1.51. The number of hydrogen-bond acceptors (Lipinski definition) is 4. The van der Waals surface area contributed by atoms with Gasteiger partial charge in [-0.05, 0) is 48.9 Å². The van der Waals surface area contributed by atoms with Gasteiger partial charge in [0, 0.05) is 21.7 Å². The fourth-order valence-corrected chi connectivity index (χ4v) is 3.84. The monoisotopic (exact) mass is 610 g/mol. The lowest BCUT2D eigenvalue weighted by molar-refractivity contribution is -0.343. The molecule has 0 bridgehead atoms. The number of carbonyl (C=O) groups is 2. The minimum Gasteiger partial charge on any atom is -0.321 e. The molecule has 0 aliphatic heterocycles. The third kappa shape index (κ3) is 6.05. The van der Waals surface area contributed by atoms with Crippen LogP contribution in [-0.2, 0) is 4.79 Å². The molecule has 0 spiro atoms. The Morgan fingerprint density at radius 2 is 1.48 bits per heavy atom. The molecule has 42 heavy (non-hydrogen) atoms. The zero-order valence-electron chi connectivity index (χ0n) is 21.2. The van der Waals surface area contributed by atoms with Crippen molar-refractivity contribution in [2.75, 3.05) is 5.32 Å². The number of carbonyl (C=O) groups excluding carboxylic acids is 2. The summed E-state index contributed by atoms with van der Waals surface area (Å²) >= 11 is 5.96. The van der Waals surface area contributed by atoms with Crippen molar-refractivity contribution in [1.29, 1.82) is 0 Å². The van der Waals surface area contributed by atoms with Crippen LogP contribution in [-0.4, -0.2) is 40.5 Å². The normalized spacial score (nSPS) is 12.7. The minimum absolute atomic E-state index is 0.214. The van der Waals surface area contributed by atoms with Gasteiger partial charge >= 0.3 is 23.9 Å². The number of para-hydroxylation sites is 1. The van der Waals surface area contributed by atoms with E-state index in [0.717, 1.165) is 12.1 Å². The second-order valence-electron chi connectivity index (χ2n) is 8.90. The average molecular weight is 611 g/mol. The topological polar surface area (TPSA) is 83.4 Å². The Morgan fingerprint density at radius 1 is 0.857 bits per heavy atom. The van der Waals surface area contributed by atoms with E-state index in [2.05, 4.69) is 15.5 Å². The van der Waals surface area contributed by atoms with Crippen LogP contribution in [0.3, 0.4) is 0 Å². The molecule has 2 amide bonds. The van der Waals surface area contributed by atoms with E-state index in [4.69, 9.17) is 11.6 Å². The van der Waals surface area contributed by atoms with Gasteiger partial charge in [-0.2, -0.15) is 35.8 Å². The molecular formula is C28H18ClF7N4O2. The number of halogens is 8. The first-order chi connectivity index (χ1) is 19.6. The SMILES string of the molecule is CC(=NNC(=O)c1cc(-c2ccc(Cl)cc2)nc2ccccc12)c1ccc(NC(=O)C(F)(F)C(F)(F)C(F)(F)F)cc1. The van der Waals surface area contributed by atoms with E-state index >= 15 is 0 Å². The fourth-order valence-electron chi connectivity index (χ4n) is 3.72. The van der Waals surface area contributed by atoms with Gasteiger partial charge in [0.25, 0.3) is 5.91 Å². The van der Waals surface area contributed by atoms with Crippen LogP contribution in [0, 0.1) is 0 Å². The molecule has 0 aliphatic carbocycles. The predicted octanol–water partition coefficient (Wildman–Crippen LogP) is 7.48. The van der Waals surface area contributed by atoms with E-state index in [1.54, 1.807) is 54.6 Å². The molecule has 14 heteroatoms. The summed E-state index contributed by atoms with van der Waals surface area (Å²) in [4.78, 5) is 29.3. The second-order valence-corrected chi connectivity index (χ2v) is 9.33. The number of aromatic nitrogens is 1. The number of amides is 2. The van der Waals surface area contributed by atoms with Gasteiger partial charge in [0.15, 0.2) is 0 Å². The summed E-state index contributed by atoms with van der Waals surface area (Å²) in [6, 6.07) is 19.8. The lowest BCUT2D eigenvalue weighted by Gasteiger charge is -2.27. The Labute approximate surface area is 238 Å². The summed E-state index contributed by atoms with van der Waals surface area (Å²) < 4.78 is 90.4. The average Bonchev–Trinajstić information content (AvgIpc) is 2.95. The van der Waals surface area contributed by atoms with E-state index in [-0.39, 0.29) is 11.3 Å². The molecule has 0 aliphatic rings. The molecule has 218 valence electrons. The maximum absolute atomic E-state index is 13.6. The highest BCUT2D eigenvalue weighted by Gasteiger charge is 2.76. The molecule has 0 unspecified atom stereocenters. The fraction of sp³-hybridized carbons (Fsp3) is 0.143. The molecule has 4 aromatic rings. The van der Waals surface area contributed by atoms with Crippen LogP contribution in [0.25, 0.3) is 22.2 Å². The van der Waals surface area contributed by atoms with Gasteiger partial charge < -0.3 is 5.32 Å². The molecule has 3 aromatic carbocycles. The largest absolute Gasteiger partial charge is 0.460 e. The zero-order chi connectivity index (χ0) is 30.9. The molecule has 0 saturated heterocycles. The molecule has 0 fully saturated rings. The summed E-state index contributed by atoms with van der Waals surface area (Å²) in [7, 11) is 0. The van der Waals surface area contributed by atoms with Gasteiger partial charge in [0.05, 0.1) is 22.5 Å². The molecule has 1 aromatic heterocycles. The summed E-state index contributed by atoms with van der Waals surface area (Å²) in [5.41, 5.74) is 4.49. The molecule has 0 atom stereocenters. The van der Waals surface area contributed by atoms with Gasteiger partial charge in [-0.3, -0.25) is 9.59 Å². The summed E-state index contributed by atoms with van der Waals surface area (Å²) in [5, 5.41) is 6.45. The van der Waals surface area contributed by atoms with E-state index in [1.807, 2.05) is 0 Å². The Morgan fingerprint density at radius 3 is 2.10 bits per heavy atom. The number of fused-ring (bicyclic) bond motifs is 1. The number of alkyl halides is 7. The van der Waals surface area contributed by atoms with Crippen molar-refractivity contribution in [2.45, 2.75) is 24.9 Å². The maximum atomic E-state index is 13.6. The molecular weight excluding hydrogens is 593 g/mol. The minimum atomic E-state index is -6.64. The first kappa shape index (κ1) is 30.4. The van der Waals surface area contributed by atoms with E-state index in [9.17, 15) is 40.3 Å². The van der Waals surface area contributed by atoms with Crippen LogP contribution in [0.1, 0.15) is 22.8 Å². The molecule has 1 heterocycles. The van der Waals surface area contributed by atoms with Gasteiger partial charge in [-0.15, -0.1) is 0 Å². The highest BCUT2D eigenvalue weighted by Crippen LogP contribution is 2.46. The number of hydrogen-bond donors (Lipinski definition) is 2. The summed E-state index contributed by atoms with van der Waals surface area (Å²) in [5.74, 6) is -16.1. The highest BCUT2D eigenvalue weighted by atomic mass is 35.5. The number of pyridine rings is 1. The van der Waals surface area contributed by atoms with Crippen LogP contribution in [0.5, 0.6) is 0 Å². The van der Waals surface area contributed by atoms with Crippen molar-refractivity contribution in [3.63, 3.8) is 0 Å².